The third-order valence-electron chi connectivity index (χ3n) is 4.78. The molecule has 1 fully saturated rings. The molecule has 0 saturated carbocycles. The van der Waals surface area contributed by atoms with Gasteiger partial charge in [0.05, 0.1) is 11.0 Å². The molecule has 3 heterocycles. The zero-order valence-electron chi connectivity index (χ0n) is 13.8. The molecule has 2 aromatic rings. The van der Waals surface area contributed by atoms with Crippen molar-refractivity contribution < 1.29 is 4.74 Å². The van der Waals surface area contributed by atoms with Crippen molar-refractivity contribution in [3.63, 3.8) is 0 Å². The molecule has 7 nitrogen and oxygen atoms in total. The van der Waals surface area contributed by atoms with E-state index in [2.05, 4.69) is 46.0 Å². The summed E-state index contributed by atoms with van der Waals surface area (Å²) >= 11 is 5.89. The number of aromatic nitrogens is 2. The minimum absolute atomic E-state index is 0.211. The second kappa shape index (κ2) is 5.75. The number of aromatic amines is 1. The fourth-order valence-electron chi connectivity index (χ4n) is 3.25. The number of likely N-dealkylation sites (N-methyl/N-ethyl adjacent to an activating group) is 1. The number of nitrogens with zero attached hydrogens (tertiary/aromatic N) is 4. The molecule has 0 spiro atoms. The van der Waals surface area contributed by atoms with E-state index in [-0.39, 0.29) is 11.9 Å². The minimum Gasteiger partial charge on any atom is -0.458 e. The molecule has 1 atom stereocenters. The van der Waals surface area contributed by atoms with E-state index in [9.17, 15) is 0 Å². The van der Waals surface area contributed by atoms with Crippen LogP contribution in [0.2, 0.25) is 0 Å². The number of rotatable bonds is 3. The van der Waals surface area contributed by atoms with Gasteiger partial charge in [0, 0.05) is 24.8 Å². The monoisotopic (exact) mass is 348 g/mol. The highest BCUT2D eigenvalue weighted by atomic mass is 35.5. The zero-order valence-corrected chi connectivity index (χ0v) is 14.5. The summed E-state index contributed by atoms with van der Waals surface area (Å²) in [5.41, 5.74) is 9.01. The van der Waals surface area contributed by atoms with Crippen molar-refractivity contribution in [3.8, 4) is 0 Å². The minimum atomic E-state index is 0.211. The SMILES string of the molecule is CN(C)C1CCN(c2ccc3nc(N4COC(Cl)=C4N)[nH]c3c2)C1. The second-order valence-corrected chi connectivity index (χ2v) is 6.82. The molecule has 1 aromatic carbocycles. The normalized spacial score (nSPS) is 21.4. The van der Waals surface area contributed by atoms with Crippen LogP contribution in [-0.2, 0) is 4.74 Å². The number of fused-ring (bicyclic) bond motifs is 1. The first-order valence-corrected chi connectivity index (χ1v) is 8.37. The highest BCUT2D eigenvalue weighted by Crippen LogP contribution is 2.29. The molecule has 1 saturated heterocycles. The van der Waals surface area contributed by atoms with E-state index in [1.54, 1.807) is 4.90 Å². The molecule has 1 unspecified atom stereocenters. The molecule has 1 aromatic heterocycles. The van der Waals surface area contributed by atoms with Crippen molar-refractivity contribution in [3.05, 3.63) is 29.2 Å². The van der Waals surface area contributed by atoms with Crippen LogP contribution in [0.1, 0.15) is 6.42 Å². The van der Waals surface area contributed by atoms with Crippen LogP contribution in [0.3, 0.4) is 0 Å². The molecule has 2 aliphatic rings. The predicted octanol–water partition coefficient (Wildman–Crippen LogP) is 1.82. The van der Waals surface area contributed by atoms with Crippen molar-refractivity contribution in [1.29, 1.82) is 0 Å². The smallest absolute Gasteiger partial charge is 0.230 e. The van der Waals surface area contributed by atoms with Crippen LogP contribution in [0.25, 0.3) is 11.0 Å². The molecule has 2 aliphatic heterocycles. The van der Waals surface area contributed by atoms with Crippen LogP contribution in [-0.4, -0.2) is 54.8 Å². The first-order valence-electron chi connectivity index (χ1n) is 7.99. The summed E-state index contributed by atoms with van der Waals surface area (Å²) in [5.74, 6) is 1.02. The topological polar surface area (TPSA) is 73.7 Å². The molecule has 4 rings (SSSR count). The Bertz CT molecular complexity index is 801. The number of H-pyrrole nitrogens is 1. The Morgan fingerprint density at radius 2 is 2.25 bits per heavy atom. The van der Waals surface area contributed by atoms with Gasteiger partial charge in [0.1, 0.15) is 0 Å². The molecule has 3 N–H and O–H groups in total. The van der Waals surface area contributed by atoms with Gasteiger partial charge in [0.25, 0.3) is 0 Å². The summed E-state index contributed by atoms with van der Waals surface area (Å²) in [5, 5.41) is 0.211. The van der Waals surface area contributed by atoms with Crippen LogP contribution in [0.4, 0.5) is 11.6 Å². The molecule has 0 aliphatic carbocycles. The lowest BCUT2D eigenvalue weighted by atomic mass is 10.2. The molecule has 24 heavy (non-hydrogen) atoms. The molecule has 0 amide bonds. The van der Waals surface area contributed by atoms with E-state index in [1.165, 1.54) is 12.1 Å². The van der Waals surface area contributed by atoms with Gasteiger partial charge in [-0.2, -0.15) is 0 Å². The first kappa shape index (κ1) is 15.4. The van der Waals surface area contributed by atoms with Crippen LogP contribution < -0.4 is 15.5 Å². The zero-order chi connectivity index (χ0) is 16.8. The average molecular weight is 349 g/mol. The Hall–Kier alpha value is -2.12. The molecular formula is C16H21ClN6O. The lowest BCUT2D eigenvalue weighted by molar-refractivity contribution is 0.268. The molecular weight excluding hydrogens is 328 g/mol. The number of nitrogens with one attached hydrogen (secondary N) is 1. The third-order valence-corrected chi connectivity index (χ3v) is 5.08. The van der Waals surface area contributed by atoms with Crippen LogP contribution in [0.5, 0.6) is 0 Å². The Morgan fingerprint density at radius 1 is 1.42 bits per heavy atom. The molecule has 0 radical (unpaired) electrons. The Balaban J connectivity index is 1.60. The Labute approximate surface area is 145 Å². The van der Waals surface area contributed by atoms with Gasteiger partial charge < -0.3 is 25.3 Å². The van der Waals surface area contributed by atoms with Crippen molar-refractivity contribution in [2.24, 2.45) is 5.73 Å². The van der Waals surface area contributed by atoms with E-state index < -0.39 is 0 Å². The summed E-state index contributed by atoms with van der Waals surface area (Å²) in [4.78, 5) is 14.3. The van der Waals surface area contributed by atoms with E-state index in [0.717, 1.165) is 24.1 Å². The average Bonchev–Trinajstić information content (AvgIpc) is 3.26. The Morgan fingerprint density at radius 3 is 2.92 bits per heavy atom. The standard InChI is InChI=1S/C16H21ClN6O/c1-21(2)11-5-6-22(8-11)10-3-4-12-13(7-10)20-16(19-12)23-9-24-14(17)15(23)18/h3-4,7,11H,5-6,8-9,18H2,1-2H3,(H,19,20). The number of imidazole rings is 1. The fraction of sp³-hybridized carbons (Fsp3) is 0.438. The quantitative estimate of drug-likeness (QED) is 0.881. The number of benzene rings is 1. The van der Waals surface area contributed by atoms with E-state index >= 15 is 0 Å². The van der Waals surface area contributed by atoms with Crippen molar-refractivity contribution in [1.82, 2.24) is 14.9 Å². The van der Waals surface area contributed by atoms with Gasteiger partial charge in [-0.05, 0) is 50.3 Å². The summed E-state index contributed by atoms with van der Waals surface area (Å²) in [6.07, 6.45) is 1.18. The summed E-state index contributed by atoms with van der Waals surface area (Å²) in [6, 6.07) is 6.90. The maximum Gasteiger partial charge on any atom is 0.230 e. The van der Waals surface area contributed by atoms with Crippen LogP contribution in [0.15, 0.2) is 29.2 Å². The number of halogens is 1. The lowest BCUT2D eigenvalue weighted by Crippen LogP contribution is -2.31. The van der Waals surface area contributed by atoms with Gasteiger partial charge in [0.2, 0.25) is 11.2 Å². The van der Waals surface area contributed by atoms with Crippen molar-refractivity contribution in [2.75, 3.05) is 43.7 Å². The van der Waals surface area contributed by atoms with E-state index in [1.807, 2.05) is 6.07 Å². The molecule has 128 valence electrons. The predicted molar refractivity (Wildman–Crippen MR) is 95.9 cm³/mol. The highest BCUT2D eigenvalue weighted by Gasteiger charge is 2.26. The summed E-state index contributed by atoms with van der Waals surface area (Å²) in [7, 11) is 4.28. The number of ether oxygens (including phenoxy) is 1. The van der Waals surface area contributed by atoms with Gasteiger partial charge >= 0.3 is 0 Å². The van der Waals surface area contributed by atoms with E-state index in [4.69, 9.17) is 22.1 Å². The molecule has 0 bridgehead atoms. The maximum atomic E-state index is 5.93. The van der Waals surface area contributed by atoms with Gasteiger partial charge in [-0.3, -0.25) is 4.90 Å². The molecule has 8 heteroatoms. The summed E-state index contributed by atoms with van der Waals surface area (Å²) < 4.78 is 5.24. The fourth-order valence-corrected chi connectivity index (χ4v) is 3.40. The van der Waals surface area contributed by atoms with Gasteiger partial charge in [-0.25, -0.2) is 4.98 Å². The lowest BCUT2D eigenvalue weighted by Gasteiger charge is -2.21. The van der Waals surface area contributed by atoms with Crippen LogP contribution in [0, 0.1) is 0 Å². The highest BCUT2D eigenvalue weighted by molar-refractivity contribution is 6.29. The van der Waals surface area contributed by atoms with Crippen molar-refractivity contribution >= 4 is 34.3 Å². The maximum absolute atomic E-state index is 5.93. The Kier molecular flexibility index (Phi) is 3.69. The summed E-state index contributed by atoms with van der Waals surface area (Å²) in [6.45, 7) is 2.39. The third kappa shape index (κ3) is 2.53. The van der Waals surface area contributed by atoms with Gasteiger partial charge in [0.15, 0.2) is 12.6 Å². The van der Waals surface area contributed by atoms with Gasteiger partial charge in [-0.15, -0.1) is 0 Å². The number of hydrogen-bond acceptors (Lipinski definition) is 6. The van der Waals surface area contributed by atoms with Crippen molar-refractivity contribution in [2.45, 2.75) is 12.5 Å². The first-order chi connectivity index (χ1) is 11.5. The van der Waals surface area contributed by atoms with E-state index in [0.29, 0.717) is 17.8 Å². The van der Waals surface area contributed by atoms with Gasteiger partial charge in [-0.1, -0.05) is 0 Å². The number of nitrogens with two attached hydrogens (primary N) is 1. The second-order valence-electron chi connectivity index (χ2n) is 6.47. The number of anilines is 2. The van der Waals surface area contributed by atoms with Crippen LogP contribution >= 0.6 is 11.6 Å². The number of hydrogen-bond donors (Lipinski definition) is 2. The largest absolute Gasteiger partial charge is 0.458 e.